The summed E-state index contributed by atoms with van der Waals surface area (Å²) in [5.41, 5.74) is 1.90. The number of ether oxygens (including phenoxy) is 3. The van der Waals surface area contributed by atoms with Crippen molar-refractivity contribution in [2.75, 3.05) is 13.7 Å². The summed E-state index contributed by atoms with van der Waals surface area (Å²) in [5, 5.41) is 4.52. The largest absolute Gasteiger partial charge is 0.497 e. The first-order chi connectivity index (χ1) is 10.3. The van der Waals surface area contributed by atoms with Crippen molar-refractivity contribution >= 4 is 0 Å². The molecule has 0 N–H and O–H groups in total. The van der Waals surface area contributed by atoms with Gasteiger partial charge in [0.15, 0.2) is 6.29 Å². The minimum atomic E-state index is -0.0788. The number of hydrogen-bond donors (Lipinski definition) is 0. The van der Waals surface area contributed by atoms with Crippen LogP contribution in [0.4, 0.5) is 0 Å². The maximum absolute atomic E-state index is 5.74. The van der Waals surface area contributed by atoms with Gasteiger partial charge in [0.2, 0.25) is 0 Å². The Morgan fingerprint density at radius 3 is 2.81 bits per heavy atom. The molecule has 2 heterocycles. The molecule has 1 aliphatic heterocycles. The summed E-state index contributed by atoms with van der Waals surface area (Å²) in [6.07, 6.45) is 5.13. The molecule has 5 nitrogen and oxygen atoms in total. The van der Waals surface area contributed by atoms with E-state index in [-0.39, 0.29) is 6.29 Å². The van der Waals surface area contributed by atoms with Gasteiger partial charge in [-0.3, -0.25) is 0 Å². The lowest BCUT2D eigenvalue weighted by atomic mass is 10.2. The van der Waals surface area contributed by atoms with Crippen LogP contribution in [0.3, 0.4) is 0 Å². The Labute approximate surface area is 124 Å². The Kier molecular flexibility index (Phi) is 4.52. The second-order valence-electron chi connectivity index (χ2n) is 5.06. The molecule has 1 saturated heterocycles. The topological polar surface area (TPSA) is 45.5 Å². The van der Waals surface area contributed by atoms with Crippen LogP contribution in [0.15, 0.2) is 36.5 Å². The number of methoxy groups -OCH3 is 1. The quantitative estimate of drug-likeness (QED) is 0.848. The molecular weight excluding hydrogens is 268 g/mol. The third-order valence-electron chi connectivity index (χ3n) is 3.54. The van der Waals surface area contributed by atoms with Crippen LogP contribution in [0.5, 0.6) is 5.75 Å². The van der Waals surface area contributed by atoms with Gasteiger partial charge in [-0.25, -0.2) is 4.68 Å². The lowest BCUT2D eigenvalue weighted by molar-refractivity contribution is -0.169. The maximum Gasteiger partial charge on any atom is 0.158 e. The van der Waals surface area contributed by atoms with Gasteiger partial charge in [0, 0.05) is 12.8 Å². The van der Waals surface area contributed by atoms with Crippen molar-refractivity contribution in [1.82, 2.24) is 9.78 Å². The number of nitrogens with zero attached hydrogens (tertiary/aromatic N) is 2. The van der Waals surface area contributed by atoms with Crippen LogP contribution in [0.25, 0.3) is 5.69 Å². The average molecular weight is 288 g/mol. The Bertz CT molecular complexity index is 559. The Balaban J connectivity index is 1.59. The highest BCUT2D eigenvalue weighted by Crippen LogP contribution is 2.17. The zero-order valence-electron chi connectivity index (χ0n) is 12.2. The Hall–Kier alpha value is -1.85. The minimum Gasteiger partial charge on any atom is -0.497 e. The van der Waals surface area contributed by atoms with E-state index in [1.165, 1.54) is 6.42 Å². The maximum atomic E-state index is 5.74. The summed E-state index contributed by atoms with van der Waals surface area (Å²) < 4.78 is 18.3. The molecule has 0 aliphatic carbocycles. The molecule has 3 rings (SSSR count). The summed E-state index contributed by atoms with van der Waals surface area (Å²) in [4.78, 5) is 0. The van der Waals surface area contributed by atoms with Crippen molar-refractivity contribution in [3.8, 4) is 11.4 Å². The molecule has 1 aromatic carbocycles. The predicted octanol–water partition coefficient (Wildman–Crippen LogP) is 2.92. The molecule has 0 spiro atoms. The molecule has 0 amide bonds. The first kappa shape index (κ1) is 14.1. The highest BCUT2D eigenvalue weighted by atomic mass is 16.7. The van der Waals surface area contributed by atoms with Gasteiger partial charge >= 0.3 is 0 Å². The van der Waals surface area contributed by atoms with Gasteiger partial charge < -0.3 is 14.2 Å². The van der Waals surface area contributed by atoms with Gasteiger partial charge in [-0.15, -0.1) is 0 Å². The minimum absolute atomic E-state index is 0.0788. The fourth-order valence-corrected chi connectivity index (χ4v) is 2.34. The fourth-order valence-electron chi connectivity index (χ4n) is 2.34. The fraction of sp³-hybridized carbons (Fsp3) is 0.438. The van der Waals surface area contributed by atoms with Crippen LogP contribution >= 0.6 is 0 Å². The molecule has 1 unspecified atom stereocenters. The van der Waals surface area contributed by atoms with Gasteiger partial charge in [0.25, 0.3) is 0 Å². The molecule has 1 fully saturated rings. The van der Waals surface area contributed by atoms with Crippen LogP contribution in [-0.4, -0.2) is 29.8 Å². The van der Waals surface area contributed by atoms with Crippen LogP contribution in [0, 0.1) is 0 Å². The van der Waals surface area contributed by atoms with Crippen LogP contribution in [0.2, 0.25) is 0 Å². The molecule has 21 heavy (non-hydrogen) atoms. The standard InChI is InChI=1S/C16H20N2O3/c1-19-15-7-5-14(6-8-15)18-10-9-13(17-18)12-21-16-4-2-3-11-20-16/h5-10,16H,2-4,11-12H2,1H3. The SMILES string of the molecule is COc1ccc(-n2ccc(COC3CCCCO3)n2)cc1. The average Bonchev–Trinajstić information content (AvgIpc) is 3.03. The Morgan fingerprint density at radius 2 is 2.10 bits per heavy atom. The molecule has 0 saturated carbocycles. The van der Waals surface area contributed by atoms with E-state index < -0.39 is 0 Å². The van der Waals surface area contributed by atoms with E-state index >= 15 is 0 Å². The van der Waals surface area contributed by atoms with Gasteiger partial charge in [-0.1, -0.05) is 0 Å². The summed E-state index contributed by atoms with van der Waals surface area (Å²) in [7, 11) is 1.66. The second-order valence-corrected chi connectivity index (χ2v) is 5.06. The first-order valence-corrected chi connectivity index (χ1v) is 7.27. The molecule has 112 valence electrons. The lowest BCUT2D eigenvalue weighted by Crippen LogP contribution is -2.22. The van der Waals surface area contributed by atoms with Crippen molar-refractivity contribution in [2.45, 2.75) is 32.2 Å². The molecule has 1 aliphatic rings. The smallest absolute Gasteiger partial charge is 0.158 e. The zero-order chi connectivity index (χ0) is 14.5. The molecule has 1 aromatic heterocycles. The number of rotatable bonds is 5. The predicted molar refractivity (Wildman–Crippen MR) is 78.5 cm³/mol. The van der Waals surface area contributed by atoms with Crippen molar-refractivity contribution in [3.63, 3.8) is 0 Å². The molecule has 2 aromatic rings. The van der Waals surface area contributed by atoms with Crippen LogP contribution in [0.1, 0.15) is 25.0 Å². The van der Waals surface area contributed by atoms with Gasteiger partial charge in [-0.05, 0) is 49.6 Å². The summed E-state index contributed by atoms with van der Waals surface area (Å²) >= 11 is 0. The lowest BCUT2D eigenvalue weighted by Gasteiger charge is -2.22. The second kappa shape index (κ2) is 6.74. The first-order valence-electron chi connectivity index (χ1n) is 7.27. The molecule has 5 heteroatoms. The van der Waals surface area contributed by atoms with E-state index in [2.05, 4.69) is 5.10 Å². The van der Waals surface area contributed by atoms with E-state index in [0.717, 1.165) is 36.6 Å². The van der Waals surface area contributed by atoms with Crippen molar-refractivity contribution < 1.29 is 14.2 Å². The van der Waals surface area contributed by atoms with E-state index in [1.54, 1.807) is 7.11 Å². The van der Waals surface area contributed by atoms with E-state index in [4.69, 9.17) is 14.2 Å². The third-order valence-corrected chi connectivity index (χ3v) is 3.54. The molecule has 0 radical (unpaired) electrons. The summed E-state index contributed by atoms with van der Waals surface area (Å²) in [6.45, 7) is 1.28. The highest BCUT2D eigenvalue weighted by Gasteiger charge is 2.14. The number of hydrogen-bond acceptors (Lipinski definition) is 4. The van der Waals surface area contributed by atoms with Crippen LogP contribution < -0.4 is 4.74 Å². The zero-order valence-corrected chi connectivity index (χ0v) is 12.2. The van der Waals surface area contributed by atoms with Gasteiger partial charge in [0.05, 0.1) is 25.1 Å². The van der Waals surface area contributed by atoms with E-state index in [1.807, 2.05) is 41.2 Å². The molecule has 1 atom stereocenters. The van der Waals surface area contributed by atoms with Gasteiger partial charge in [0.1, 0.15) is 5.75 Å². The molecular formula is C16H20N2O3. The number of aromatic nitrogens is 2. The van der Waals surface area contributed by atoms with Crippen molar-refractivity contribution in [1.29, 1.82) is 0 Å². The van der Waals surface area contributed by atoms with E-state index in [9.17, 15) is 0 Å². The van der Waals surface area contributed by atoms with Crippen molar-refractivity contribution in [2.24, 2.45) is 0 Å². The normalized spacial score (nSPS) is 18.6. The summed E-state index contributed by atoms with van der Waals surface area (Å²) in [6, 6.07) is 9.75. The Morgan fingerprint density at radius 1 is 1.24 bits per heavy atom. The van der Waals surface area contributed by atoms with Crippen molar-refractivity contribution in [3.05, 3.63) is 42.2 Å². The third kappa shape index (κ3) is 3.62. The van der Waals surface area contributed by atoms with Gasteiger partial charge in [-0.2, -0.15) is 5.10 Å². The highest BCUT2D eigenvalue weighted by molar-refractivity contribution is 5.36. The molecule has 0 bridgehead atoms. The van der Waals surface area contributed by atoms with Crippen LogP contribution in [-0.2, 0) is 16.1 Å². The van der Waals surface area contributed by atoms with E-state index in [0.29, 0.717) is 6.61 Å². The summed E-state index contributed by atoms with van der Waals surface area (Å²) in [5.74, 6) is 0.837. The monoisotopic (exact) mass is 288 g/mol. The number of benzene rings is 1.